The van der Waals surface area contributed by atoms with Crippen LogP contribution in [0.2, 0.25) is 0 Å². The van der Waals surface area contributed by atoms with Crippen LogP contribution in [0.15, 0.2) is 6.07 Å². The first kappa shape index (κ1) is 12.1. The van der Waals surface area contributed by atoms with Crippen LogP contribution in [-0.2, 0) is 0 Å². The molecule has 1 heterocycles. The van der Waals surface area contributed by atoms with Gasteiger partial charge >= 0.3 is 0 Å². The highest BCUT2D eigenvalue weighted by atomic mass is 15.1. The van der Waals surface area contributed by atoms with Crippen LogP contribution in [0.4, 0.5) is 11.8 Å². The number of hydrogen-bond acceptors (Lipinski definition) is 4. The van der Waals surface area contributed by atoms with E-state index in [9.17, 15) is 0 Å². The van der Waals surface area contributed by atoms with Crippen molar-refractivity contribution in [3.63, 3.8) is 0 Å². The van der Waals surface area contributed by atoms with Crippen LogP contribution >= 0.6 is 0 Å². The minimum atomic E-state index is 0.724. The third kappa shape index (κ3) is 3.58. The van der Waals surface area contributed by atoms with E-state index in [1.807, 2.05) is 13.0 Å². The van der Waals surface area contributed by atoms with Gasteiger partial charge in [0.15, 0.2) is 0 Å². The van der Waals surface area contributed by atoms with Crippen molar-refractivity contribution in [3.8, 4) is 0 Å². The van der Waals surface area contributed by atoms with Gasteiger partial charge in [-0.05, 0) is 32.6 Å². The molecule has 17 heavy (non-hydrogen) atoms. The third-order valence-electron chi connectivity index (χ3n) is 3.24. The Labute approximate surface area is 103 Å². The smallest absolute Gasteiger partial charge is 0.224 e. The molecule has 1 fully saturated rings. The van der Waals surface area contributed by atoms with Gasteiger partial charge in [-0.15, -0.1) is 0 Å². The Morgan fingerprint density at radius 1 is 1.24 bits per heavy atom. The Balaban J connectivity index is 1.94. The first-order chi connectivity index (χ1) is 8.28. The molecule has 4 nitrogen and oxygen atoms in total. The molecule has 1 saturated carbocycles. The minimum Gasteiger partial charge on any atom is -0.370 e. The predicted octanol–water partition coefficient (Wildman–Crippen LogP) is 2.82. The van der Waals surface area contributed by atoms with Crippen LogP contribution in [-0.4, -0.2) is 23.1 Å². The van der Waals surface area contributed by atoms with Crippen molar-refractivity contribution in [2.45, 2.75) is 39.5 Å². The predicted molar refractivity (Wildman–Crippen MR) is 71.4 cm³/mol. The largest absolute Gasteiger partial charge is 0.370 e. The summed E-state index contributed by atoms with van der Waals surface area (Å²) < 4.78 is 0. The van der Waals surface area contributed by atoms with E-state index in [-0.39, 0.29) is 0 Å². The lowest BCUT2D eigenvalue weighted by Gasteiger charge is -2.12. The highest BCUT2D eigenvalue weighted by Gasteiger charge is 2.14. The van der Waals surface area contributed by atoms with E-state index in [4.69, 9.17) is 0 Å². The van der Waals surface area contributed by atoms with E-state index < -0.39 is 0 Å². The number of rotatable bonds is 5. The van der Waals surface area contributed by atoms with Gasteiger partial charge in [0, 0.05) is 24.8 Å². The van der Waals surface area contributed by atoms with E-state index in [1.165, 1.54) is 25.7 Å². The van der Waals surface area contributed by atoms with E-state index in [0.717, 1.165) is 36.5 Å². The summed E-state index contributed by atoms with van der Waals surface area (Å²) in [4.78, 5) is 8.79. The van der Waals surface area contributed by atoms with Gasteiger partial charge in [0.1, 0.15) is 5.82 Å². The molecule has 0 unspecified atom stereocenters. The van der Waals surface area contributed by atoms with Crippen molar-refractivity contribution in [1.82, 2.24) is 9.97 Å². The average molecular weight is 234 g/mol. The monoisotopic (exact) mass is 234 g/mol. The molecule has 0 amide bonds. The lowest BCUT2D eigenvalue weighted by Crippen LogP contribution is -2.13. The summed E-state index contributed by atoms with van der Waals surface area (Å²) >= 11 is 0. The number of hydrogen-bond donors (Lipinski definition) is 2. The average Bonchev–Trinajstić information content (AvgIpc) is 2.79. The Hall–Kier alpha value is -1.32. The van der Waals surface area contributed by atoms with Crippen molar-refractivity contribution in [2.75, 3.05) is 23.7 Å². The first-order valence-electron chi connectivity index (χ1n) is 6.61. The van der Waals surface area contributed by atoms with E-state index in [1.54, 1.807) is 0 Å². The second kappa shape index (κ2) is 5.84. The molecule has 0 aliphatic heterocycles. The molecule has 0 atom stereocenters. The second-order valence-corrected chi connectivity index (χ2v) is 4.78. The quantitative estimate of drug-likeness (QED) is 0.822. The number of anilines is 2. The molecule has 1 aromatic heterocycles. The van der Waals surface area contributed by atoms with Crippen LogP contribution in [0.5, 0.6) is 0 Å². The van der Waals surface area contributed by atoms with Gasteiger partial charge in [0.25, 0.3) is 0 Å². The SMILES string of the molecule is CCNc1nc(C)cc(NCC2CCCC2)n1. The summed E-state index contributed by atoms with van der Waals surface area (Å²) in [5.41, 5.74) is 1.00. The molecular formula is C13H22N4. The molecule has 2 N–H and O–H groups in total. The fourth-order valence-corrected chi connectivity index (χ4v) is 2.36. The van der Waals surface area contributed by atoms with Gasteiger partial charge in [-0.3, -0.25) is 0 Å². The Kier molecular flexibility index (Phi) is 4.18. The fraction of sp³-hybridized carbons (Fsp3) is 0.692. The molecule has 1 aliphatic rings. The van der Waals surface area contributed by atoms with Crippen LogP contribution in [0.1, 0.15) is 38.3 Å². The maximum absolute atomic E-state index is 4.45. The van der Waals surface area contributed by atoms with Crippen molar-refractivity contribution in [3.05, 3.63) is 11.8 Å². The van der Waals surface area contributed by atoms with Gasteiger partial charge in [-0.25, -0.2) is 4.98 Å². The van der Waals surface area contributed by atoms with Crippen LogP contribution in [0.25, 0.3) is 0 Å². The summed E-state index contributed by atoms with van der Waals surface area (Å²) in [5, 5.41) is 6.59. The summed E-state index contributed by atoms with van der Waals surface area (Å²) in [6, 6.07) is 2.01. The van der Waals surface area contributed by atoms with Gasteiger partial charge in [-0.2, -0.15) is 4.98 Å². The Morgan fingerprint density at radius 2 is 2.00 bits per heavy atom. The first-order valence-corrected chi connectivity index (χ1v) is 6.61. The van der Waals surface area contributed by atoms with Crippen molar-refractivity contribution in [1.29, 1.82) is 0 Å². The molecule has 0 bridgehead atoms. The Morgan fingerprint density at radius 3 is 2.71 bits per heavy atom. The standard InChI is InChI=1S/C13H22N4/c1-3-14-13-16-10(2)8-12(17-13)15-9-11-6-4-5-7-11/h8,11H,3-7,9H2,1-2H3,(H2,14,15,16,17). The number of aromatic nitrogens is 2. The summed E-state index contributed by atoms with van der Waals surface area (Å²) in [5.74, 6) is 2.50. The molecule has 1 aromatic rings. The van der Waals surface area contributed by atoms with E-state index in [2.05, 4.69) is 27.5 Å². The van der Waals surface area contributed by atoms with Crippen LogP contribution in [0, 0.1) is 12.8 Å². The van der Waals surface area contributed by atoms with Crippen LogP contribution < -0.4 is 10.6 Å². The van der Waals surface area contributed by atoms with Crippen LogP contribution in [0.3, 0.4) is 0 Å². The van der Waals surface area contributed by atoms with E-state index in [0.29, 0.717) is 0 Å². The molecular weight excluding hydrogens is 212 g/mol. The minimum absolute atomic E-state index is 0.724. The number of aryl methyl sites for hydroxylation is 1. The second-order valence-electron chi connectivity index (χ2n) is 4.78. The molecule has 0 saturated heterocycles. The van der Waals surface area contributed by atoms with Crippen molar-refractivity contribution < 1.29 is 0 Å². The molecule has 2 rings (SSSR count). The highest BCUT2D eigenvalue weighted by molar-refractivity contribution is 5.42. The maximum Gasteiger partial charge on any atom is 0.224 e. The zero-order valence-corrected chi connectivity index (χ0v) is 10.8. The zero-order valence-electron chi connectivity index (χ0n) is 10.8. The maximum atomic E-state index is 4.45. The summed E-state index contributed by atoms with van der Waals surface area (Å²) in [7, 11) is 0. The zero-order chi connectivity index (χ0) is 12.1. The number of nitrogens with one attached hydrogen (secondary N) is 2. The lowest BCUT2D eigenvalue weighted by atomic mass is 10.1. The molecule has 0 aromatic carbocycles. The van der Waals surface area contributed by atoms with Gasteiger partial charge in [0.05, 0.1) is 0 Å². The molecule has 0 spiro atoms. The fourth-order valence-electron chi connectivity index (χ4n) is 2.36. The highest BCUT2D eigenvalue weighted by Crippen LogP contribution is 2.24. The number of nitrogens with zero attached hydrogens (tertiary/aromatic N) is 2. The van der Waals surface area contributed by atoms with Gasteiger partial charge < -0.3 is 10.6 Å². The molecule has 4 heteroatoms. The summed E-state index contributed by atoms with van der Waals surface area (Å²) in [6.07, 6.45) is 5.49. The third-order valence-corrected chi connectivity index (χ3v) is 3.24. The van der Waals surface area contributed by atoms with Crippen molar-refractivity contribution in [2.24, 2.45) is 5.92 Å². The van der Waals surface area contributed by atoms with E-state index >= 15 is 0 Å². The topological polar surface area (TPSA) is 49.8 Å². The lowest BCUT2D eigenvalue weighted by molar-refractivity contribution is 0.579. The molecule has 0 radical (unpaired) electrons. The molecule has 1 aliphatic carbocycles. The normalized spacial score (nSPS) is 16.1. The molecule has 94 valence electrons. The van der Waals surface area contributed by atoms with Gasteiger partial charge in [-0.1, -0.05) is 12.8 Å². The van der Waals surface area contributed by atoms with Gasteiger partial charge in [0.2, 0.25) is 5.95 Å². The summed E-state index contributed by atoms with van der Waals surface area (Å²) in [6.45, 7) is 5.95. The Bertz CT molecular complexity index is 358. The van der Waals surface area contributed by atoms with Crippen molar-refractivity contribution >= 4 is 11.8 Å².